The summed E-state index contributed by atoms with van der Waals surface area (Å²) in [6.45, 7) is 4.91. The number of carbonyl (C=O) groups excluding carboxylic acids is 1. The standard InChI is InChI=1S/C13H15NO2/c1-4-14-9(2)12(8-15)11-7-10(16-3)5-6-13(11)14/h5-8H,4H2,1-3H3. The maximum Gasteiger partial charge on any atom is 0.152 e. The second kappa shape index (κ2) is 4.00. The Hall–Kier alpha value is -1.77. The highest BCUT2D eigenvalue weighted by Crippen LogP contribution is 2.28. The molecule has 3 nitrogen and oxygen atoms in total. The minimum atomic E-state index is 0.760. The predicted molar refractivity (Wildman–Crippen MR) is 64.3 cm³/mol. The zero-order chi connectivity index (χ0) is 11.7. The number of aldehydes is 1. The monoisotopic (exact) mass is 217 g/mol. The molecule has 1 aromatic carbocycles. The van der Waals surface area contributed by atoms with Gasteiger partial charge in [0.05, 0.1) is 7.11 Å². The van der Waals surface area contributed by atoms with Crippen molar-refractivity contribution in [3.63, 3.8) is 0 Å². The second-order valence-electron chi connectivity index (χ2n) is 3.74. The Morgan fingerprint density at radius 3 is 2.75 bits per heavy atom. The fourth-order valence-corrected chi connectivity index (χ4v) is 2.17. The van der Waals surface area contributed by atoms with Crippen LogP contribution >= 0.6 is 0 Å². The van der Waals surface area contributed by atoms with Crippen LogP contribution in [0, 0.1) is 6.92 Å². The van der Waals surface area contributed by atoms with E-state index in [-0.39, 0.29) is 0 Å². The third-order valence-electron chi connectivity index (χ3n) is 3.01. The molecule has 3 heteroatoms. The highest BCUT2D eigenvalue weighted by Gasteiger charge is 2.12. The molecule has 0 unspecified atom stereocenters. The number of aryl methyl sites for hydroxylation is 1. The second-order valence-corrected chi connectivity index (χ2v) is 3.74. The molecule has 0 atom stereocenters. The summed E-state index contributed by atoms with van der Waals surface area (Å²) in [6, 6.07) is 5.83. The number of ether oxygens (including phenoxy) is 1. The van der Waals surface area contributed by atoms with Gasteiger partial charge in [0.15, 0.2) is 6.29 Å². The number of hydrogen-bond donors (Lipinski definition) is 0. The zero-order valence-electron chi connectivity index (χ0n) is 9.78. The molecule has 0 bridgehead atoms. The van der Waals surface area contributed by atoms with Gasteiger partial charge in [0.1, 0.15) is 5.75 Å². The molecule has 0 aliphatic carbocycles. The van der Waals surface area contributed by atoms with Crippen LogP contribution < -0.4 is 4.74 Å². The first-order chi connectivity index (χ1) is 7.72. The van der Waals surface area contributed by atoms with Crippen LogP contribution in [0.5, 0.6) is 5.75 Å². The van der Waals surface area contributed by atoms with Crippen LogP contribution in [0.3, 0.4) is 0 Å². The summed E-state index contributed by atoms with van der Waals surface area (Å²) >= 11 is 0. The van der Waals surface area contributed by atoms with Crippen LogP contribution in [0.1, 0.15) is 23.0 Å². The number of fused-ring (bicyclic) bond motifs is 1. The Bertz CT molecular complexity index is 540. The summed E-state index contributed by atoms with van der Waals surface area (Å²) in [6.07, 6.45) is 0.920. The van der Waals surface area contributed by atoms with Gasteiger partial charge in [0.25, 0.3) is 0 Å². The predicted octanol–water partition coefficient (Wildman–Crippen LogP) is 2.79. The molecule has 0 aliphatic heterocycles. The fraction of sp³-hybridized carbons (Fsp3) is 0.308. The lowest BCUT2D eigenvalue weighted by Gasteiger charge is -2.04. The summed E-state index contributed by atoms with van der Waals surface area (Å²) < 4.78 is 7.32. The van der Waals surface area contributed by atoms with Crippen molar-refractivity contribution in [3.05, 3.63) is 29.5 Å². The maximum atomic E-state index is 11.1. The number of benzene rings is 1. The number of rotatable bonds is 3. The summed E-state index contributed by atoms with van der Waals surface area (Å²) in [5.74, 6) is 0.781. The molecule has 0 spiro atoms. The molecule has 0 radical (unpaired) electrons. The first-order valence-electron chi connectivity index (χ1n) is 5.35. The maximum absolute atomic E-state index is 11.1. The molecule has 1 heterocycles. The van der Waals surface area contributed by atoms with E-state index in [1.807, 2.05) is 25.1 Å². The number of carbonyl (C=O) groups is 1. The van der Waals surface area contributed by atoms with E-state index in [2.05, 4.69) is 11.5 Å². The van der Waals surface area contributed by atoms with Crippen molar-refractivity contribution >= 4 is 17.2 Å². The summed E-state index contributed by atoms with van der Waals surface area (Å²) in [4.78, 5) is 11.1. The Morgan fingerprint density at radius 1 is 1.44 bits per heavy atom. The van der Waals surface area contributed by atoms with Crippen molar-refractivity contribution in [2.24, 2.45) is 0 Å². The van der Waals surface area contributed by atoms with Crippen LogP contribution in [0.25, 0.3) is 10.9 Å². The van der Waals surface area contributed by atoms with Crippen molar-refractivity contribution in [2.75, 3.05) is 7.11 Å². The molecule has 0 N–H and O–H groups in total. The van der Waals surface area contributed by atoms with Crippen molar-refractivity contribution in [3.8, 4) is 5.75 Å². The minimum Gasteiger partial charge on any atom is -0.497 e. The number of aromatic nitrogens is 1. The molecular formula is C13H15NO2. The van der Waals surface area contributed by atoms with E-state index in [1.165, 1.54) is 0 Å². The summed E-state index contributed by atoms with van der Waals surface area (Å²) in [5.41, 5.74) is 2.86. The number of nitrogens with zero attached hydrogens (tertiary/aromatic N) is 1. The van der Waals surface area contributed by atoms with Gasteiger partial charge >= 0.3 is 0 Å². The van der Waals surface area contributed by atoms with Gasteiger partial charge in [-0.2, -0.15) is 0 Å². The average molecular weight is 217 g/mol. The van der Waals surface area contributed by atoms with Crippen LogP contribution in [0.15, 0.2) is 18.2 Å². The highest BCUT2D eigenvalue weighted by atomic mass is 16.5. The van der Waals surface area contributed by atoms with Crippen LogP contribution in [0.2, 0.25) is 0 Å². The third-order valence-corrected chi connectivity index (χ3v) is 3.01. The largest absolute Gasteiger partial charge is 0.497 e. The molecule has 0 aliphatic rings. The summed E-state index contributed by atoms with van der Waals surface area (Å²) in [5, 5.41) is 0.966. The Kier molecular flexibility index (Phi) is 2.69. The molecule has 0 saturated carbocycles. The van der Waals surface area contributed by atoms with Crippen molar-refractivity contribution in [2.45, 2.75) is 20.4 Å². The molecule has 0 saturated heterocycles. The highest BCUT2D eigenvalue weighted by molar-refractivity contribution is 6.00. The number of methoxy groups -OCH3 is 1. The van der Waals surface area contributed by atoms with Crippen molar-refractivity contribution in [1.29, 1.82) is 0 Å². The van der Waals surface area contributed by atoms with Crippen LogP contribution in [0.4, 0.5) is 0 Å². The lowest BCUT2D eigenvalue weighted by atomic mass is 10.1. The van der Waals surface area contributed by atoms with Crippen molar-refractivity contribution in [1.82, 2.24) is 4.57 Å². The average Bonchev–Trinajstić information content (AvgIpc) is 2.59. The lowest BCUT2D eigenvalue weighted by molar-refractivity contribution is 0.112. The van der Waals surface area contributed by atoms with Gasteiger partial charge < -0.3 is 9.30 Å². The molecular weight excluding hydrogens is 202 g/mol. The molecule has 0 amide bonds. The molecule has 1 aromatic heterocycles. The topological polar surface area (TPSA) is 31.2 Å². The van der Waals surface area contributed by atoms with E-state index in [0.717, 1.165) is 40.7 Å². The summed E-state index contributed by atoms with van der Waals surface area (Å²) in [7, 11) is 1.63. The fourth-order valence-electron chi connectivity index (χ4n) is 2.17. The minimum absolute atomic E-state index is 0.760. The van der Waals surface area contributed by atoms with E-state index in [1.54, 1.807) is 7.11 Å². The van der Waals surface area contributed by atoms with Gasteiger partial charge in [0, 0.05) is 28.7 Å². The molecule has 2 aromatic rings. The van der Waals surface area contributed by atoms with E-state index < -0.39 is 0 Å². The smallest absolute Gasteiger partial charge is 0.152 e. The lowest BCUT2D eigenvalue weighted by Crippen LogP contribution is -1.96. The van der Waals surface area contributed by atoms with E-state index in [0.29, 0.717) is 0 Å². The Labute approximate surface area is 94.6 Å². The van der Waals surface area contributed by atoms with E-state index in [9.17, 15) is 4.79 Å². The van der Waals surface area contributed by atoms with Crippen molar-refractivity contribution < 1.29 is 9.53 Å². The Balaban J connectivity index is 2.83. The molecule has 2 rings (SSSR count). The first-order valence-corrected chi connectivity index (χ1v) is 5.35. The SMILES string of the molecule is CCn1c(C)c(C=O)c2cc(OC)ccc21. The molecule has 16 heavy (non-hydrogen) atoms. The zero-order valence-corrected chi connectivity index (χ0v) is 9.78. The van der Waals surface area contributed by atoms with E-state index >= 15 is 0 Å². The quantitative estimate of drug-likeness (QED) is 0.740. The van der Waals surface area contributed by atoms with E-state index in [4.69, 9.17) is 4.74 Å². The van der Waals surface area contributed by atoms with Crippen LogP contribution in [-0.4, -0.2) is 18.0 Å². The van der Waals surface area contributed by atoms with Gasteiger partial charge in [-0.15, -0.1) is 0 Å². The van der Waals surface area contributed by atoms with Gasteiger partial charge in [0.2, 0.25) is 0 Å². The third kappa shape index (κ3) is 1.40. The molecule has 84 valence electrons. The number of hydrogen-bond acceptors (Lipinski definition) is 2. The Morgan fingerprint density at radius 2 is 2.19 bits per heavy atom. The van der Waals surface area contributed by atoms with Gasteiger partial charge in [-0.1, -0.05) is 0 Å². The van der Waals surface area contributed by atoms with Crippen LogP contribution in [-0.2, 0) is 6.54 Å². The van der Waals surface area contributed by atoms with Gasteiger partial charge in [-0.05, 0) is 32.0 Å². The van der Waals surface area contributed by atoms with Gasteiger partial charge in [-0.25, -0.2) is 0 Å². The van der Waals surface area contributed by atoms with Gasteiger partial charge in [-0.3, -0.25) is 4.79 Å². The first kappa shape index (κ1) is 10.7. The normalized spacial score (nSPS) is 10.7. The molecule has 0 fully saturated rings.